The summed E-state index contributed by atoms with van der Waals surface area (Å²) in [4.78, 5) is 0. The van der Waals surface area contributed by atoms with E-state index in [2.05, 4.69) is 14.1 Å². The third-order valence-electron chi connectivity index (χ3n) is 4.12. The van der Waals surface area contributed by atoms with Crippen molar-refractivity contribution >= 4 is 11.7 Å². The van der Waals surface area contributed by atoms with Gasteiger partial charge in [-0.15, -0.1) is 4.37 Å². The quantitative estimate of drug-likeness (QED) is 0.808. The second-order valence-corrected chi connectivity index (χ2v) is 5.96. The van der Waals surface area contributed by atoms with Crippen LogP contribution in [0, 0.1) is 11.8 Å². The van der Waals surface area contributed by atoms with Gasteiger partial charge in [0.2, 0.25) is 5.88 Å². The molecular weight excluding hydrogens is 250 g/mol. The van der Waals surface area contributed by atoms with Gasteiger partial charge in [0.25, 0.3) is 0 Å². The van der Waals surface area contributed by atoms with Gasteiger partial charge in [0, 0.05) is 12.6 Å². The number of rotatable bonds is 6. The normalized spacial score (nSPS) is 31.7. The Morgan fingerprint density at radius 1 is 1.50 bits per heavy atom. The molecule has 0 spiro atoms. The van der Waals surface area contributed by atoms with E-state index in [1.807, 2.05) is 0 Å². The van der Waals surface area contributed by atoms with E-state index in [1.54, 1.807) is 6.20 Å². The Morgan fingerprint density at radius 3 is 3.11 bits per heavy atom. The fraction of sp³-hybridized carbons (Fsp3) is 0.833. The molecule has 18 heavy (non-hydrogen) atoms. The van der Waals surface area contributed by atoms with Crippen molar-refractivity contribution in [3.05, 3.63) is 6.20 Å². The molecule has 2 saturated carbocycles. The Labute approximate surface area is 111 Å². The van der Waals surface area contributed by atoms with Crippen molar-refractivity contribution in [2.75, 3.05) is 13.2 Å². The van der Waals surface area contributed by atoms with Crippen LogP contribution in [0.25, 0.3) is 0 Å². The molecule has 4 atom stereocenters. The molecule has 2 bridgehead atoms. The molecule has 2 fully saturated rings. The first kappa shape index (κ1) is 12.3. The monoisotopic (exact) mass is 269 g/mol. The second-order valence-electron chi connectivity index (χ2n) is 5.40. The van der Waals surface area contributed by atoms with Gasteiger partial charge < -0.3 is 15.2 Å². The van der Waals surface area contributed by atoms with Crippen LogP contribution in [0.3, 0.4) is 0 Å². The maximum absolute atomic E-state index is 9.85. The van der Waals surface area contributed by atoms with Crippen molar-refractivity contribution in [2.45, 2.75) is 37.8 Å². The van der Waals surface area contributed by atoms with E-state index in [0.717, 1.165) is 23.6 Å². The van der Waals surface area contributed by atoms with Gasteiger partial charge in [-0.3, -0.25) is 0 Å². The zero-order chi connectivity index (χ0) is 12.4. The van der Waals surface area contributed by atoms with Gasteiger partial charge in [0.15, 0.2) is 0 Å². The Morgan fingerprint density at radius 2 is 2.44 bits per heavy atom. The Bertz CT molecular complexity index is 373. The first-order valence-electron chi connectivity index (χ1n) is 6.63. The van der Waals surface area contributed by atoms with E-state index in [4.69, 9.17) is 4.74 Å². The van der Waals surface area contributed by atoms with Crippen LogP contribution in [0.4, 0.5) is 0 Å². The van der Waals surface area contributed by atoms with Crippen LogP contribution in [0.5, 0.6) is 5.88 Å². The molecule has 3 rings (SSSR count). The first-order valence-corrected chi connectivity index (χ1v) is 7.36. The lowest BCUT2D eigenvalue weighted by Crippen LogP contribution is -2.40. The minimum absolute atomic E-state index is 0.277. The maximum Gasteiger partial charge on any atom is 0.245 e. The molecule has 5 nitrogen and oxygen atoms in total. The maximum atomic E-state index is 9.85. The van der Waals surface area contributed by atoms with Crippen LogP contribution >= 0.6 is 11.7 Å². The van der Waals surface area contributed by atoms with Crippen molar-refractivity contribution in [1.29, 1.82) is 0 Å². The number of fused-ring (bicyclic) bond motifs is 2. The molecular formula is C12H19N3O2S. The van der Waals surface area contributed by atoms with Crippen LogP contribution in [0.2, 0.25) is 0 Å². The topological polar surface area (TPSA) is 67.3 Å². The average molecular weight is 269 g/mol. The van der Waals surface area contributed by atoms with Crippen LogP contribution in [-0.4, -0.2) is 39.2 Å². The molecule has 0 saturated heterocycles. The summed E-state index contributed by atoms with van der Waals surface area (Å²) in [6.07, 6.45) is 6.53. The van der Waals surface area contributed by atoms with Crippen molar-refractivity contribution in [1.82, 2.24) is 14.1 Å². The van der Waals surface area contributed by atoms with Crippen molar-refractivity contribution < 1.29 is 9.84 Å². The molecule has 1 aromatic heterocycles. The zero-order valence-corrected chi connectivity index (χ0v) is 11.1. The third kappa shape index (κ3) is 2.81. The molecule has 0 aromatic carbocycles. The van der Waals surface area contributed by atoms with Crippen LogP contribution in [0.15, 0.2) is 6.20 Å². The van der Waals surface area contributed by atoms with E-state index in [-0.39, 0.29) is 6.61 Å². The Hall–Kier alpha value is -0.720. The molecule has 6 heteroatoms. The van der Waals surface area contributed by atoms with Gasteiger partial charge in [-0.05, 0) is 31.1 Å². The van der Waals surface area contributed by atoms with Gasteiger partial charge in [0.05, 0.1) is 11.7 Å². The molecule has 4 unspecified atom stereocenters. The summed E-state index contributed by atoms with van der Waals surface area (Å²) in [5.41, 5.74) is 0. The summed E-state index contributed by atoms with van der Waals surface area (Å²) in [5.74, 6) is 2.27. The standard InChI is InChI=1S/C12H19N3O2S/c16-10(7-17-12-6-14-18-15-12)5-13-11-4-8-1-2-9(11)3-8/h6,8-11,13,16H,1-5,7H2. The number of hydrogen-bond donors (Lipinski definition) is 2. The van der Waals surface area contributed by atoms with Gasteiger partial charge in [-0.2, -0.15) is 4.37 Å². The summed E-state index contributed by atoms with van der Waals surface area (Å²) in [7, 11) is 0. The summed E-state index contributed by atoms with van der Waals surface area (Å²) >= 11 is 1.11. The van der Waals surface area contributed by atoms with Gasteiger partial charge in [-0.25, -0.2) is 0 Å². The molecule has 1 heterocycles. The van der Waals surface area contributed by atoms with E-state index < -0.39 is 6.10 Å². The van der Waals surface area contributed by atoms with Crippen molar-refractivity contribution in [2.24, 2.45) is 11.8 Å². The van der Waals surface area contributed by atoms with Gasteiger partial charge in [-0.1, -0.05) is 6.42 Å². The molecule has 2 aliphatic carbocycles. The number of nitrogens with zero attached hydrogens (tertiary/aromatic N) is 2. The molecule has 0 radical (unpaired) electrons. The van der Waals surface area contributed by atoms with Gasteiger partial charge >= 0.3 is 0 Å². The minimum Gasteiger partial charge on any atom is -0.473 e. The molecule has 1 aromatic rings. The predicted octanol–water partition coefficient (Wildman–Crippen LogP) is 1.06. The fourth-order valence-electron chi connectivity index (χ4n) is 3.24. The lowest BCUT2D eigenvalue weighted by Gasteiger charge is -2.24. The van der Waals surface area contributed by atoms with Crippen molar-refractivity contribution in [3.63, 3.8) is 0 Å². The van der Waals surface area contributed by atoms with Crippen molar-refractivity contribution in [3.8, 4) is 5.88 Å². The van der Waals surface area contributed by atoms with Gasteiger partial charge in [0.1, 0.15) is 18.9 Å². The number of hydrogen-bond acceptors (Lipinski definition) is 6. The summed E-state index contributed by atoms with van der Waals surface area (Å²) < 4.78 is 13.1. The van der Waals surface area contributed by atoms with Crippen LogP contribution in [-0.2, 0) is 0 Å². The highest BCUT2D eigenvalue weighted by Crippen LogP contribution is 2.44. The van der Waals surface area contributed by atoms with E-state index in [0.29, 0.717) is 18.5 Å². The Kier molecular flexibility index (Phi) is 3.77. The highest BCUT2D eigenvalue weighted by atomic mass is 32.1. The molecule has 2 aliphatic rings. The highest BCUT2D eigenvalue weighted by Gasteiger charge is 2.39. The van der Waals surface area contributed by atoms with E-state index in [9.17, 15) is 5.11 Å². The smallest absolute Gasteiger partial charge is 0.245 e. The lowest BCUT2D eigenvalue weighted by atomic mass is 9.95. The minimum atomic E-state index is -0.481. The molecule has 100 valence electrons. The summed E-state index contributed by atoms with van der Waals surface area (Å²) in [5, 5.41) is 13.3. The largest absolute Gasteiger partial charge is 0.473 e. The molecule has 0 aliphatic heterocycles. The highest BCUT2D eigenvalue weighted by molar-refractivity contribution is 6.99. The Balaban J connectivity index is 1.35. The zero-order valence-electron chi connectivity index (χ0n) is 10.3. The SMILES string of the molecule is OC(CNC1CC2CCC1C2)COc1cnsn1. The molecule has 0 amide bonds. The molecule has 2 N–H and O–H groups in total. The predicted molar refractivity (Wildman–Crippen MR) is 68.6 cm³/mol. The fourth-order valence-corrected chi connectivity index (χ4v) is 3.61. The van der Waals surface area contributed by atoms with Crippen LogP contribution in [0.1, 0.15) is 25.7 Å². The third-order valence-corrected chi connectivity index (χ3v) is 4.58. The number of nitrogens with one attached hydrogen (secondary N) is 1. The lowest BCUT2D eigenvalue weighted by molar-refractivity contribution is 0.0989. The average Bonchev–Trinajstić information content (AvgIpc) is 3.09. The second kappa shape index (κ2) is 5.50. The summed E-state index contributed by atoms with van der Waals surface area (Å²) in [6.45, 7) is 0.880. The number of aliphatic hydroxyl groups is 1. The number of aliphatic hydroxyl groups excluding tert-OH is 1. The van der Waals surface area contributed by atoms with E-state index in [1.165, 1.54) is 25.7 Å². The van der Waals surface area contributed by atoms with E-state index >= 15 is 0 Å². The number of ether oxygens (including phenoxy) is 1. The summed E-state index contributed by atoms with van der Waals surface area (Å²) in [6, 6.07) is 0.610. The number of aromatic nitrogens is 2. The van der Waals surface area contributed by atoms with Crippen LogP contribution < -0.4 is 10.1 Å². The first-order chi connectivity index (χ1) is 8.81.